The van der Waals surface area contributed by atoms with Crippen LogP contribution in [0.3, 0.4) is 0 Å². The lowest BCUT2D eigenvalue weighted by Crippen LogP contribution is -1.74. The van der Waals surface area contributed by atoms with Crippen molar-refractivity contribution in [2.45, 2.75) is 20.8 Å². The first-order valence-corrected chi connectivity index (χ1v) is 4.45. The highest BCUT2D eigenvalue weighted by Gasteiger charge is 1.88. The molecule has 0 atom stereocenters. The molecule has 0 nitrogen and oxygen atoms in total. The molecule has 0 unspecified atom stereocenters. The highest BCUT2D eigenvalue weighted by atomic mass is 19.1. The van der Waals surface area contributed by atoms with Crippen LogP contribution < -0.4 is 0 Å². The fourth-order valence-electron chi connectivity index (χ4n) is 0.621. The van der Waals surface area contributed by atoms with Gasteiger partial charge in [-0.25, -0.2) is 4.39 Å². The molecule has 14 heavy (non-hydrogen) atoms. The summed E-state index contributed by atoms with van der Waals surface area (Å²) >= 11 is 0. The molecule has 0 N–H and O–H groups in total. The molecule has 0 spiro atoms. The molecule has 0 fully saturated rings. The molecule has 0 aromatic carbocycles. The highest BCUT2D eigenvalue weighted by molar-refractivity contribution is 5.44. The van der Waals surface area contributed by atoms with Crippen LogP contribution in [-0.4, -0.2) is 0 Å². The Morgan fingerprint density at radius 2 is 1.86 bits per heavy atom. The van der Waals surface area contributed by atoms with E-state index in [2.05, 4.69) is 18.4 Å². The molecule has 0 saturated carbocycles. The zero-order valence-electron chi connectivity index (χ0n) is 8.89. The van der Waals surface area contributed by atoms with Gasteiger partial charge in [0.15, 0.2) is 0 Å². The van der Waals surface area contributed by atoms with Gasteiger partial charge in [-0.2, -0.15) is 0 Å². The van der Waals surface area contributed by atoms with E-state index in [1.54, 1.807) is 13.0 Å². The Morgan fingerprint density at radius 3 is 2.29 bits per heavy atom. The Bertz CT molecular complexity index is 343. The molecule has 74 valence electrons. The molecule has 0 bridgehead atoms. The number of allylic oxidation sites excluding steroid dienone is 7. The predicted octanol–water partition coefficient (Wildman–Crippen LogP) is 3.94. The van der Waals surface area contributed by atoms with Crippen molar-refractivity contribution in [2.24, 2.45) is 0 Å². The third kappa shape index (κ3) is 5.16. The van der Waals surface area contributed by atoms with Crippen LogP contribution in [0.2, 0.25) is 0 Å². The fourth-order valence-corrected chi connectivity index (χ4v) is 0.621. The summed E-state index contributed by atoms with van der Waals surface area (Å²) < 4.78 is 12.8. The van der Waals surface area contributed by atoms with E-state index in [0.717, 1.165) is 5.57 Å². The lowest BCUT2D eigenvalue weighted by molar-refractivity contribution is 0.664. The van der Waals surface area contributed by atoms with Crippen molar-refractivity contribution < 1.29 is 4.39 Å². The summed E-state index contributed by atoms with van der Waals surface area (Å²) in [5.74, 6) is 5.42. The van der Waals surface area contributed by atoms with Crippen LogP contribution in [0.25, 0.3) is 0 Å². The summed E-state index contributed by atoms with van der Waals surface area (Å²) in [5.41, 5.74) is 1.54. The van der Waals surface area contributed by atoms with Crippen molar-refractivity contribution in [1.29, 1.82) is 0 Å². The standard InChI is InChI=1S/C13H15F/c1-5-11(4)8-9-12(6-2)10-13(14)7-3/h5-7,10H,2H2,1,3-4H3/b11-5+,12-10+,13-7+. The largest absolute Gasteiger partial charge is 0.207 e. The lowest BCUT2D eigenvalue weighted by Gasteiger charge is -1.89. The van der Waals surface area contributed by atoms with Gasteiger partial charge in [0, 0.05) is 5.57 Å². The Balaban J connectivity index is 4.83. The second kappa shape index (κ2) is 6.91. The second-order valence-electron chi connectivity index (χ2n) is 2.70. The molecule has 0 aliphatic heterocycles. The summed E-state index contributed by atoms with van der Waals surface area (Å²) in [6.07, 6.45) is 6.19. The van der Waals surface area contributed by atoms with Crippen molar-refractivity contribution in [3.8, 4) is 11.8 Å². The predicted molar refractivity (Wildman–Crippen MR) is 60.4 cm³/mol. The van der Waals surface area contributed by atoms with E-state index in [4.69, 9.17) is 0 Å². The molecule has 0 aliphatic rings. The summed E-state index contributed by atoms with van der Waals surface area (Å²) in [6.45, 7) is 9.02. The van der Waals surface area contributed by atoms with Crippen LogP contribution in [0.15, 0.2) is 47.9 Å². The second-order valence-corrected chi connectivity index (χ2v) is 2.70. The van der Waals surface area contributed by atoms with Gasteiger partial charge in [0.1, 0.15) is 5.83 Å². The van der Waals surface area contributed by atoms with Gasteiger partial charge in [-0.3, -0.25) is 0 Å². The highest BCUT2D eigenvalue weighted by Crippen LogP contribution is 2.04. The van der Waals surface area contributed by atoms with Crippen molar-refractivity contribution in [3.05, 3.63) is 47.9 Å². The Hall–Kier alpha value is -1.55. The first kappa shape index (κ1) is 12.4. The minimum absolute atomic E-state index is 0.299. The lowest BCUT2D eigenvalue weighted by atomic mass is 10.2. The quantitative estimate of drug-likeness (QED) is 0.457. The monoisotopic (exact) mass is 190 g/mol. The summed E-state index contributed by atoms with van der Waals surface area (Å²) in [6, 6.07) is 0. The Morgan fingerprint density at radius 1 is 1.21 bits per heavy atom. The third-order valence-corrected chi connectivity index (χ3v) is 1.63. The maximum Gasteiger partial charge on any atom is 0.120 e. The maximum atomic E-state index is 12.8. The molecule has 0 amide bonds. The first-order valence-electron chi connectivity index (χ1n) is 4.45. The van der Waals surface area contributed by atoms with Gasteiger partial charge >= 0.3 is 0 Å². The molecular formula is C13H15F. The molecule has 1 heteroatoms. The molecule has 0 saturated heterocycles. The number of rotatable bonds is 2. The summed E-state index contributed by atoms with van der Waals surface area (Å²) in [4.78, 5) is 0. The Labute approximate surface area is 85.5 Å². The molecule has 0 rings (SSSR count). The van der Waals surface area contributed by atoms with Crippen LogP contribution in [0, 0.1) is 11.8 Å². The van der Waals surface area contributed by atoms with E-state index in [1.807, 2.05) is 19.9 Å². The average Bonchev–Trinajstić information content (AvgIpc) is 2.22. The maximum absolute atomic E-state index is 12.8. The molecule has 0 aliphatic carbocycles. The van der Waals surface area contributed by atoms with Crippen LogP contribution in [0.5, 0.6) is 0 Å². The van der Waals surface area contributed by atoms with Crippen LogP contribution in [-0.2, 0) is 0 Å². The van der Waals surface area contributed by atoms with E-state index >= 15 is 0 Å². The molecular weight excluding hydrogens is 175 g/mol. The summed E-state index contributed by atoms with van der Waals surface area (Å²) in [7, 11) is 0. The zero-order valence-corrected chi connectivity index (χ0v) is 8.89. The fraction of sp³-hybridized carbons (Fsp3) is 0.231. The molecule has 0 aromatic rings. The van der Waals surface area contributed by atoms with Crippen LogP contribution >= 0.6 is 0 Å². The van der Waals surface area contributed by atoms with E-state index in [-0.39, 0.29) is 5.83 Å². The number of hydrogen-bond donors (Lipinski definition) is 0. The minimum atomic E-state index is -0.299. The molecule has 0 heterocycles. The van der Waals surface area contributed by atoms with Crippen molar-refractivity contribution in [1.82, 2.24) is 0 Å². The van der Waals surface area contributed by atoms with E-state index < -0.39 is 0 Å². The van der Waals surface area contributed by atoms with E-state index in [9.17, 15) is 4.39 Å². The minimum Gasteiger partial charge on any atom is -0.207 e. The average molecular weight is 190 g/mol. The van der Waals surface area contributed by atoms with Gasteiger partial charge in [-0.15, -0.1) is 0 Å². The van der Waals surface area contributed by atoms with Gasteiger partial charge in [0.25, 0.3) is 0 Å². The number of hydrogen-bond acceptors (Lipinski definition) is 0. The van der Waals surface area contributed by atoms with Crippen molar-refractivity contribution >= 4 is 0 Å². The Kier molecular flexibility index (Phi) is 6.15. The normalized spacial score (nSPS) is 13.3. The van der Waals surface area contributed by atoms with Crippen LogP contribution in [0.4, 0.5) is 4.39 Å². The topological polar surface area (TPSA) is 0 Å². The van der Waals surface area contributed by atoms with Gasteiger partial charge in [0.05, 0.1) is 0 Å². The SMILES string of the molecule is C=C/C(C#C/C(C)=C/C)=C\C(F)=C/C. The third-order valence-electron chi connectivity index (χ3n) is 1.63. The molecule has 0 radical (unpaired) electrons. The van der Waals surface area contributed by atoms with Gasteiger partial charge < -0.3 is 0 Å². The van der Waals surface area contributed by atoms with Crippen molar-refractivity contribution in [3.63, 3.8) is 0 Å². The first-order chi connectivity index (χ1) is 6.63. The summed E-state index contributed by atoms with van der Waals surface area (Å²) in [5, 5.41) is 0. The van der Waals surface area contributed by atoms with Gasteiger partial charge in [0.2, 0.25) is 0 Å². The smallest absolute Gasteiger partial charge is 0.120 e. The zero-order chi connectivity index (χ0) is 11.0. The van der Waals surface area contributed by atoms with Crippen molar-refractivity contribution in [2.75, 3.05) is 0 Å². The van der Waals surface area contributed by atoms with E-state index in [0.29, 0.717) is 5.57 Å². The van der Waals surface area contributed by atoms with E-state index in [1.165, 1.54) is 12.2 Å². The number of halogens is 1. The molecule has 0 aromatic heterocycles. The van der Waals surface area contributed by atoms with Crippen LogP contribution in [0.1, 0.15) is 20.8 Å². The van der Waals surface area contributed by atoms with Gasteiger partial charge in [-0.1, -0.05) is 36.6 Å². The van der Waals surface area contributed by atoms with Gasteiger partial charge in [-0.05, 0) is 32.4 Å².